The van der Waals surface area contributed by atoms with Gasteiger partial charge >= 0.3 is 0 Å². The first-order valence-corrected chi connectivity index (χ1v) is 7.81. The van der Waals surface area contributed by atoms with Crippen LogP contribution >= 0.6 is 11.6 Å². The van der Waals surface area contributed by atoms with Gasteiger partial charge in [0, 0.05) is 30.2 Å². The van der Waals surface area contributed by atoms with Crippen molar-refractivity contribution in [3.8, 4) is 0 Å². The molecule has 0 saturated carbocycles. The molecule has 0 aliphatic rings. The maximum absolute atomic E-state index is 13.1. The molecule has 1 aromatic rings. The third-order valence-corrected chi connectivity index (χ3v) is 3.59. The lowest BCUT2D eigenvalue weighted by Crippen LogP contribution is -2.34. The summed E-state index contributed by atoms with van der Waals surface area (Å²) in [6, 6.07) is 4.42. The summed E-state index contributed by atoms with van der Waals surface area (Å²) in [5.41, 5.74) is 6.36. The van der Waals surface area contributed by atoms with E-state index in [4.69, 9.17) is 22.1 Å². The summed E-state index contributed by atoms with van der Waals surface area (Å²) in [7, 11) is 0. The minimum absolute atomic E-state index is 0.331. The number of nitrogens with one attached hydrogen (secondary N) is 1. The Morgan fingerprint density at radius 2 is 2.18 bits per heavy atom. The zero-order chi connectivity index (χ0) is 16.6. The van der Waals surface area contributed by atoms with E-state index in [0.717, 1.165) is 18.6 Å². The van der Waals surface area contributed by atoms with Crippen molar-refractivity contribution in [1.29, 1.82) is 0 Å². The van der Waals surface area contributed by atoms with Crippen molar-refractivity contribution < 1.29 is 9.13 Å². The third kappa shape index (κ3) is 6.20. The maximum atomic E-state index is 13.1. The van der Waals surface area contributed by atoms with E-state index < -0.39 is 0 Å². The first kappa shape index (κ1) is 18.7. The van der Waals surface area contributed by atoms with Crippen LogP contribution in [-0.2, 0) is 10.2 Å². The fraction of sp³-hybridized carbons (Fsp3) is 0.562. The number of nitrogens with zero attached hydrogens (tertiary/aromatic N) is 1. The summed E-state index contributed by atoms with van der Waals surface area (Å²) in [5, 5.41) is 3.45. The molecule has 0 unspecified atom stereocenters. The number of ether oxygens (including phenoxy) is 1. The largest absolute Gasteiger partial charge is 0.382 e. The van der Waals surface area contributed by atoms with Crippen molar-refractivity contribution in [2.75, 3.05) is 26.3 Å². The van der Waals surface area contributed by atoms with Gasteiger partial charge < -0.3 is 15.8 Å². The van der Waals surface area contributed by atoms with Gasteiger partial charge in [-0.25, -0.2) is 4.39 Å². The monoisotopic (exact) mass is 329 g/mol. The van der Waals surface area contributed by atoms with E-state index in [1.807, 2.05) is 20.8 Å². The highest BCUT2D eigenvalue weighted by molar-refractivity contribution is 6.31. The summed E-state index contributed by atoms with van der Waals surface area (Å²) < 4.78 is 18.4. The number of aliphatic imine (C=N–C) groups is 1. The smallest absolute Gasteiger partial charge is 0.188 e. The van der Waals surface area contributed by atoms with Crippen LogP contribution in [0.2, 0.25) is 5.02 Å². The predicted molar refractivity (Wildman–Crippen MR) is 90.0 cm³/mol. The Morgan fingerprint density at radius 1 is 1.45 bits per heavy atom. The van der Waals surface area contributed by atoms with Gasteiger partial charge in [-0.05, 0) is 31.0 Å². The molecule has 0 amide bonds. The van der Waals surface area contributed by atoms with Crippen molar-refractivity contribution in [3.05, 3.63) is 34.6 Å². The van der Waals surface area contributed by atoms with Crippen molar-refractivity contribution >= 4 is 17.6 Å². The van der Waals surface area contributed by atoms with Gasteiger partial charge in [0.1, 0.15) is 5.82 Å². The number of rotatable bonds is 8. The van der Waals surface area contributed by atoms with Crippen molar-refractivity contribution in [3.63, 3.8) is 0 Å². The van der Waals surface area contributed by atoms with Gasteiger partial charge in [-0.1, -0.05) is 31.5 Å². The average Bonchev–Trinajstić information content (AvgIpc) is 2.44. The topological polar surface area (TPSA) is 59.6 Å². The number of guanidine groups is 1. The Kier molecular flexibility index (Phi) is 7.62. The Hall–Kier alpha value is -1.33. The molecule has 1 rings (SSSR count). The quantitative estimate of drug-likeness (QED) is 0.438. The second-order valence-electron chi connectivity index (χ2n) is 5.69. The van der Waals surface area contributed by atoms with E-state index in [9.17, 15) is 4.39 Å². The molecule has 0 saturated heterocycles. The minimum atomic E-state index is -0.344. The van der Waals surface area contributed by atoms with Crippen LogP contribution in [0.5, 0.6) is 0 Å². The molecule has 124 valence electrons. The predicted octanol–water partition coefficient (Wildman–Crippen LogP) is 3.09. The molecule has 22 heavy (non-hydrogen) atoms. The third-order valence-electron chi connectivity index (χ3n) is 3.28. The summed E-state index contributed by atoms with van der Waals surface area (Å²) >= 11 is 6.11. The summed E-state index contributed by atoms with van der Waals surface area (Å²) in [5.74, 6) is 0.0475. The molecule has 0 bridgehead atoms. The molecule has 0 spiro atoms. The van der Waals surface area contributed by atoms with Crippen LogP contribution in [0.25, 0.3) is 0 Å². The Labute approximate surface area is 136 Å². The van der Waals surface area contributed by atoms with Crippen LogP contribution in [0.3, 0.4) is 0 Å². The summed E-state index contributed by atoms with van der Waals surface area (Å²) in [6.45, 7) is 8.56. The molecule has 0 aromatic heterocycles. The van der Waals surface area contributed by atoms with Crippen LogP contribution < -0.4 is 11.1 Å². The van der Waals surface area contributed by atoms with Crippen LogP contribution in [0.15, 0.2) is 23.2 Å². The highest BCUT2D eigenvalue weighted by Gasteiger charge is 2.23. The van der Waals surface area contributed by atoms with Crippen LogP contribution in [0.4, 0.5) is 4.39 Å². The van der Waals surface area contributed by atoms with E-state index in [2.05, 4.69) is 10.3 Å². The Morgan fingerprint density at radius 3 is 2.82 bits per heavy atom. The second kappa shape index (κ2) is 8.96. The molecule has 0 atom stereocenters. The zero-order valence-corrected chi connectivity index (χ0v) is 14.2. The van der Waals surface area contributed by atoms with Crippen molar-refractivity contribution in [2.24, 2.45) is 10.7 Å². The maximum Gasteiger partial charge on any atom is 0.188 e. The standard InChI is InChI=1S/C16H25ClFN3O/c1-4-22-9-5-8-20-15(19)21-11-16(2,3)13-7-6-12(18)10-14(13)17/h6-7,10H,4-5,8-9,11H2,1-3H3,(H3,19,20,21). The summed E-state index contributed by atoms with van der Waals surface area (Å²) in [4.78, 5) is 4.34. The normalized spacial score (nSPS) is 12.5. The average molecular weight is 330 g/mol. The van der Waals surface area contributed by atoms with Gasteiger partial charge in [-0.3, -0.25) is 4.99 Å². The second-order valence-corrected chi connectivity index (χ2v) is 6.09. The van der Waals surface area contributed by atoms with Gasteiger partial charge in [0.05, 0.1) is 6.54 Å². The molecule has 4 nitrogen and oxygen atoms in total. The van der Waals surface area contributed by atoms with Gasteiger partial charge in [0.2, 0.25) is 0 Å². The van der Waals surface area contributed by atoms with E-state index in [-0.39, 0.29) is 11.2 Å². The number of benzene rings is 1. The van der Waals surface area contributed by atoms with E-state index >= 15 is 0 Å². The molecule has 0 aliphatic carbocycles. The van der Waals surface area contributed by atoms with E-state index in [1.54, 1.807) is 6.07 Å². The first-order chi connectivity index (χ1) is 10.4. The van der Waals surface area contributed by atoms with Crippen LogP contribution in [0.1, 0.15) is 32.8 Å². The fourth-order valence-corrected chi connectivity index (χ4v) is 2.42. The number of nitrogens with two attached hydrogens (primary N) is 1. The summed E-state index contributed by atoms with van der Waals surface area (Å²) in [6.07, 6.45) is 0.872. The lowest BCUT2D eigenvalue weighted by molar-refractivity contribution is 0.145. The molecule has 3 N–H and O–H groups in total. The lowest BCUT2D eigenvalue weighted by atomic mass is 9.84. The molecule has 0 aliphatic heterocycles. The van der Waals surface area contributed by atoms with Gasteiger partial charge in [0.25, 0.3) is 0 Å². The van der Waals surface area contributed by atoms with Crippen molar-refractivity contribution in [1.82, 2.24) is 5.32 Å². The minimum Gasteiger partial charge on any atom is -0.382 e. The Bertz CT molecular complexity index is 506. The molecular weight excluding hydrogens is 305 g/mol. The van der Waals surface area contributed by atoms with E-state index in [0.29, 0.717) is 30.7 Å². The fourth-order valence-electron chi connectivity index (χ4n) is 2.00. The zero-order valence-electron chi connectivity index (χ0n) is 13.5. The molecule has 1 aromatic carbocycles. The first-order valence-electron chi connectivity index (χ1n) is 7.44. The lowest BCUT2D eigenvalue weighted by Gasteiger charge is -2.24. The molecule has 0 fully saturated rings. The molecule has 6 heteroatoms. The van der Waals surface area contributed by atoms with Crippen molar-refractivity contribution in [2.45, 2.75) is 32.6 Å². The molecular formula is C16H25ClFN3O. The molecule has 0 heterocycles. The number of halogens is 2. The Balaban J connectivity index is 2.54. The van der Waals surface area contributed by atoms with E-state index in [1.165, 1.54) is 12.1 Å². The van der Waals surface area contributed by atoms with Crippen LogP contribution in [-0.4, -0.2) is 32.3 Å². The number of hydrogen-bond acceptors (Lipinski definition) is 2. The van der Waals surface area contributed by atoms with Gasteiger partial charge in [0.15, 0.2) is 5.96 Å². The highest BCUT2D eigenvalue weighted by Crippen LogP contribution is 2.30. The van der Waals surface area contributed by atoms with Gasteiger partial charge in [-0.2, -0.15) is 0 Å². The highest BCUT2D eigenvalue weighted by atomic mass is 35.5. The van der Waals surface area contributed by atoms with Gasteiger partial charge in [-0.15, -0.1) is 0 Å². The SMILES string of the molecule is CCOCCCNC(N)=NCC(C)(C)c1ccc(F)cc1Cl. The number of hydrogen-bond donors (Lipinski definition) is 2. The van der Waals surface area contributed by atoms with Crippen LogP contribution in [0, 0.1) is 5.82 Å². The molecule has 0 radical (unpaired) electrons.